The summed E-state index contributed by atoms with van der Waals surface area (Å²) >= 11 is 0. The number of imide groups is 1. The van der Waals surface area contributed by atoms with E-state index in [1.807, 2.05) is 0 Å². The van der Waals surface area contributed by atoms with Gasteiger partial charge in [0, 0.05) is 12.3 Å². The van der Waals surface area contributed by atoms with Crippen LogP contribution in [0.4, 0.5) is 13.2 Å². The summed E-state index contributed by atoms with van der Waals surface area (Å²) in [4.78, 5) is 35.9. The van der Waals surface area contributed by atoms with Crippen LogP contribution >= 0.6 is 0 Å². The Kier molecular flexibility index (Phi) is 5.39. The maximum Gasteiger partial charge on any atom is 0.525 e. The number of hydrogen-bond donors (Lipinski definition) is 0. The molecule has 2 amide bonds. The summed E-state index contributed by atoms with van der Waals surface area (Å²) in [7, 11) is -6.23. The molecule has 1 heterocycles. The third-order valence-electron chi connectivity index (χ3n) is 4.04. The fourth-order valence-electron chi connectivity index (χ4n) is 2.79. The van der Waals surface area contributed by atoms with Crippen molar-refractivity contribution in [2.45, 2.75) is 12.4 Å². The number of hydrogen-bond acceptors (Lipinski definition) is 7. The number of benzene rings is 2. The molecule has 0 unspecified atom stereocenters. The summed E-state index contributed by atoms with van der Waals surface area (Å²) in [6.07, 6.45) is 3.08. The average Bonchev–Trinajstić information content (AvgIpc) is 2.66. The Labute approximate surface area is 167 Å². The highest BCUT2D eigenvalue weighted by molar-refractivity contribution is 7.87. The van der Waals surface area contributed by atoms with Crippen molar-refractivity contribution in [3.63, 3.8) is 0 Å². The van der Waals surface area contributed by atoms with E-state index < -0.39 is 38.5 Å². The SMILES string of the molecule is CC(=O)OC/C=C/c1ccc2c3c(cccc13)C(=O)N(OS(=O)(=O)C(F)(F)F)C2=O. The van der Waals surface area contributed by atoms with Crippen LogP contribution < -0.4 is 0 Å². The lowest BCUT2D eigenvalue weighted by Gasteiger charge is -2.26. The summed E-state index contributed by atoms with van der Waals surface area (Å²) < 4.78 is 69.0. The van der Waals surface area contributed by atoms with Crippen LogP contribution in [0.2, 0.25) is 0 Å². The van der Waals surface area contributed by atoms with Gasteiger partial charge >= 0.3 is 21.6 Å². The molecule has 1 aliphatic rings. The smallest absolute Gasteiger partial charge is 0.462 e. The third kappa shape index (κ3) is 3.78. The third-order valence-corrected chi connectivity index (χ3v) is 4.95. The lowest BCUT2D eigenvalue weighted by atomic mass is 9.92. The molecule has 0 aromatic heterocycles. The lowest BCUT2D eigenvalue weighted by Crippen LogP contribution is -2.44. The summed E-state index contributed by atoms with van der Waals surface area (Å²) in [5.74, 6) is -3.19. The minimum atomic E-state index is -6.23. The van der Waals surface area contributed by atoms with E-state index in [4.69, 9.17) is 4.74 Å². The molecule has 0 fully saturated rings. The second-order valence-electron chi connectivity index (χ2n) is 6.01. The van der Waals surface area contributed by atoms with Gasteiger partial charge in [-0.05, 0) is 29.2 Å². The van der Waals surface area contributed by atoms with Gasteiger partial charge in [-0.25, -0.2) is 0 Å². The van der Waals surface area contributed by atoms with Crippen molar-refractivity contribution in [3.8, 4) is 0 Å². The molecule has 12 heteroatoms. The Balaban J connectivity index is 2.05. The minimum absolute atomic E-state index is 0.0208. The van der Waals surface area contributed by atoms with Gasteiger partial charge in [-0.1, -0.05) is 24.3 Å². The Morgan fingerprint density at radius 2 is 1.73 bits per heavy atom. The molecule has 0 saturated heterocycles. The van der Waals surface area contributed by atoms with Crippen molar-refractivity contribution in [3.05, 3.63) is 53.1 Å². The summed E-state index contributed by atoms with van der Waals surface area (Å²) in [5, 5.41) is 0.117. The van der Waals surface area contributed by atoms with Crippen molar-refractivity contribution in [1.82, 2.24) is 5.06 Å². The highest BCUT2D eigenvalue weighted by Gasteiger charge is 2.51. The number of carbonyl (C=O) groups is 3. The molecule has 0 spiro atoms. The number of halogens is 3. The first kappa shape index (κ1) is 21.5. The minimum Gasteiger partial charge on any atom is -0.462 e. The predicted molar refractivity (Wildman–Crippen MR) is 96.2 cm³/mol. The van der Waals surface area contributed by atoms with E-state index in [0.29, 0.717) is 10.9 Å². The van der Waals surface area contributed by atoms with Crippen LogP contribution in [0.15, 0.2) is 36.4 Å². The van der Waals surface area contributed by atoms with Crippen molar-refractivity contribution >= 4 is 44.8 Å². The van der Waals surface area contributed by atoms with E-state index in [2.05, 4.69) is 4.28 Å². The first-order chi connectivity index (χ1) is 13.9. The van der Waals surface area contributed by atoms with E-state index >= 15 is 0 Å². The molecule has 0 saturated carbocycles. The van der Waals surface area contributed by atoms with Gasteiger partial charge in [-0.2, -0.15) is 21.6 Å². The van der Waals surface area contributed by atoms with Gasteiger partial charge < -0.3 is 4.74 Å². The van der Waals surface area contributed by atoms with Crippen LogP contribution in [0.5, 0.6) is 0 Å². The number of nitrogens with zero attached hydrogens (tertiary/aromatic N) is 1. The zero-order valence-corrected chi connectivity index (χ0v) is 15.9. The second-order valence-corrected chi connectivity index (χ2v) is 7.53. The Morgan fingerprint density at radius 1 is 1.10 bits per heavy atom. The summed E-state index contributed by atoms with van der Waals surface area (Å²) in [6, 6.07) is 6.87. The van der Waals surface area contributed by atoms with E-state index in [9.17, 15) is 36.0 Å². The van der Waals surface area contributed by atoms with Crippen LogP contribution in [0.1, 0.15) is 33.2 Å². The number of esters is 1. The highest BCUT2D eigenvalue weighted by atomic mass is 32.2. The number of ether oxygens (including phenoxy) is 1. The van der Waals surface area contributed by atoms with Gasteiger partial charge in [-0.15, -0.1) is 9.35 Å². The number of amides is 2. The number of rotatable bonds is 5. The first-order valence-electron chi connectivity index (χ1n) is 8.19. The normalized spacial score (nSPS) is 14.6. The van der Waals surface area contributed by atoms with Gasteiger partial charge in [0.2, 0.25) is 0 Å². The number of alkyl halides is 3. The quantitative estimate of drug-likeness (QED) is 0.397. The molecule has 0 aliphatic carbocycles. The van der Waals surface area contributed by atoms with Crippen LogP contribution in [0, 0.1) is 0 Å². The fraction of sp³-hybridized carbons (Fsp3) is 0.167. The van der Waals surface area contributed by atoms with Crippen molar-refractivity contribution in [1.29, 1.82) is 0 Å². The molecular weight excluding hydrogens is 431 g/mol. The van der Waals surface area contributed by atoms with Gasteiger partial charge in [0.1, 0.15) is 6.61 Å². The largest absolute Gasteiger partial charge is 0.525 e. The summed E-state index contributed by atoms with van der Waals surface area (Å²) in [6.45, 7) is 1.22. The van der Waals surface area contributed by atoms with E-state index in [1.54, 1.807) is 12.1 Å². The molecule has 0 atom stereocenters. The number of carbonyl (C=O) groups excluding carboxylic acids is 3. The molecule has 2 aromatic carbocycles. The van der Waals surface area contributed by atoms with Gasteiger partial charge in [0.15, 0.2) is 0 Å². The molecule has 0 bridgehead atoms. The van der Waals surface area contributed by atoms with Crippen LogP contribution in [-0.4, -0.2) is 43.4 Å². The maximum absolute atomic E-state index is 12.6. The molecular formula is C18H12F3NO7S. The fourth-order valence-corrected chi connectivity index (χ4v) is 3.21. The second kappa shape index (κ2) is 7.54. The Hall–Kier alpha value is -3.25. The van der Waals surface area contributed by atoms with Crippen molar-refractivity contribution < 1.29 is 45.0 Å². The van der Waals surface area contributed by atoms with Crippen molar-refractivity contribution in [2.75, 3.05) is 6.61 Å². The van der Waals surface area contributed by atoms with Crippen molar-refractivity contribution in [2.24, 2.45) is 0 Å². The van der Waals surface area contributed by atoms with E-state index in [-0.39, 0.29) is 23.1 Å². The Bertz CT molecular complexity index is 1180. The van der Waals surface area contributed by atoms with E-state index in [1.165, 1.54) is 37.3 Å². The highest BCUT2D eigenvalue weighted by Crippen LogP contribution is 2.34. The molecule has 1 aliphatic heterocycles. The average molecular weight is 443 g/mol. The maximum atomic E-state index is 12.6. The van der Waals surface area contributed by atoms with Crippen LogP contribution in [0.25, 0.3) is 16.8 Å². The topological polar surface area (TPSA) is 107 Å². The monoisotopic (exact) mass is 443 g/mol. The molecule has 0 radical (unpaired) electrons. The summed E-state index contributed by atoms with van der Waals surface area (Å²) in [5.41, 5.74) is -5.72. The molecule has 3 rings (SSSR count). The van der Waals surface area contributed by atoms with Crippen LogP contribution in [0.3, 0.4) is 0 Å². The predicted octanol–water partition coefficient (Wildman–Crippen LogP) is 2.79. The van der Waals surface area contributed by atoms with Gasteiger partial charge in [0.25, 0.3) is 11.8 Å². The molecule has 158 valence electrons. The number of hydroxylamine groups is 2. The molecule has 2 aromatic rings. The Morgan fingerprint density at radius 3 is 2.33 bits per heavy atom. The van der Waals surface area contributed by atoms with Gasteiger partial charge in [0.05, 0.1) is 11.1 Å². The molecule has 8 nitrogen and oxygen atoms in total. The molecule has 30 heavy (non-hydrogen) atoms. The lowest BCUT2D eigenvalue weighted by molar-refractivity contribution is -0.139. The van der Waals surface area contributed by atoms with E-state index in [0.717, 1.165) is 0 Å². The van der Waals surface area contributed by atoms with Crippen LogP contribution in [-0.2, 0) is 23.9 Å². The zero-order chi connectivity index (χ0) is 22.3. The zero-order valence-electron chi connectivity index (χ0n) is 15.1. The van der Waals surface area contributed by atoms with Gasteiger partial charge in [-0.3, -0.25) is 14.4 Å². The standard InChI is InChI=1S/C18H12F3NO7S/c1-10(23)28-9-3-4-11-7-8-14-15-12(11)5-2-6-13(15)16(24)22(17(14)25)29-30(26,27)18(19,20)21/h2-8H,9H2,1H3/b4-3+. The first-order valence-corrected chi connectivity index (χ1v) is 9.60. The molecule has 0 N–H and O–H groups in total.